The summed E-state index contributed by atoms with van der Waals surface area (Å²) in [5.74, 6) is -0.482. The second-order valence-corrected chi connectivity index (χ2v) is 6.42. The van der Waals surface area contributed by atoms with E-state index in [0.717, 1.165) is 5.56 Å². The molecule has 6 nitrogen and oxygen atoms in total. The minimum atomic E-state index is -0.747. The molecule has 3 rings (SSSR count). The summed E-state index contributed by atoms with van der Waals surface area (Å²) in [5, 5.41) is 5.59. The Bertz CT molecular complexity index is 1010. The van der Waals surface area contributed by atoms with E-state index < -0.39 is 11.8 Å². The first-order valence-electron chi connectivity index (χ1n) is 8.54. The minimum absolute atomic E-state index is 0.0834. The number of hydrogen-bond donors (Lipinski definition) is 2. The lowest BCUT2D eigenvalue weighted by Crippen LogP contribution is -2.34. The maximum Gasteiger partial charge on any atom is 0.313 e. The molecule has 2 amide bonds. The molecule has 0 saturated heterocycles. The van der Waals surface area contributed by atoms with Gasteiger partial charge in [-0.15, -0.1) is 0 Å². The van der Waals surface area contributed by atoms with E-state index >= 15 is 0 Å². The lowest BCUT2D eigenvalue weighted by Gasteiger charge is -2.05. The number of hydrogen-bond acceptors (Lipinski definition) is 4. The van der Waals surface area contributed by atoms with Crippen molar-refractivity contribution in [1.82, 2.24) is 5.32 Å². The molecule has 0 atom stereocenters. The standard InChI is InChI=1S/C21H18ClN3O3/c1-14-6-8-15(9-7-14)25-21(27)20(26)24-13-17-11-10-16(28-17)12-23-19-5-3-2-4-18(19)22/h2-12H,13H2,1H3,(H,24,26)(H,25,27). The van der Waals surface area contributed by atoms with Gasteiger partial charge in [-0.1, -0.05) is 41.4 Å². The molecule has 1 heterocycles. The van der Waals surface area contributed by atoms with E-state index in [9.17, 15) is 9.59 Å². The third-order valence-corrected chi connectivity index (χ3v) is 4.12. The molecule has 3 aromatic rings. The van der Waals surface area contributed by atoms with Gasteiger partial charge >= 0.3 is 11.8 Å². The summed E-state index contributed by atoms with van der Waals surface area (Å²) in [6.45, 7) is 2.02. The average Bonchev–Trinajstić information content (AvgIpc) is 3.15. The van der Waals surface area contributed by atoms with Gasteiger partial charge in [0.1, 0.15) is 11.5 Å². The first-order chi connectivity index (χ1) is 13.5. The molecule has 28 heavy (non-hydrogen) atoms. The number of nitrogens with one attached hydrogen (secondary N) is 2. The van der Waals surface area contributed by atoms with Gasteiger partial charge < -0.3 is 15.1 Å². The van der Waals surface area contributed by atoms with Crippen molar-refractivity contribution in [2.24, 2.45) is 4.99 Å². The molecule has 2 aromatic carbocycles. The number of carbonyl (C=O) groups excluding carboxylic acids is 2. The molecule has 0 aliphatic rings. The smallest absolute Gasteiger partial charge is 0.313 e. The van der Waals surface area contributed by atoms with Gasteiger partial charge in [-0.25, -0.2) is 0 Å². The Hall–Kier alpha value is -3.38. The van der Waals surface area contributed by atoms with Crippen LogP contribution in [0.15, 0.2) is 70.1 Å². The molecule has 0 bridgehead atoms. The average molecular weight is 396 g/mol. The van der Waals surface area contributed by atoms with Crippen LogP contribution in [-0.2, 0) is 16.1 Å². The fourth-order valence-electron chi connectivity index (χ4n) is 2.32. The van der Waals surface area contributed by atoms with Crippen LogP contribution in [0, 0.1) is 6.92 Å². The van der Waals surface area contributed by atoms with Gasteiger partial charge in [0, 0.05) is 5.69 Å². The van der Waals surface area contributed by atoms with Crippen LogP contribution in [-0.4, -0.2) is 18.0 Å². The number of halogens is 1. The quantitative estimate of drug-likeness (QED) is 0.500. The molecule has 0 unspecified atom stereocenters. The van der Waals surface area contributed by atoms with Crippen molar-refractivity contribution in [3.05, 3.63) is 82.8 Å². The molecule has 0 aliphatic heterocycles. The van der Waals surface area contributed by atoms with Crippen molar-refractivity contribution in [3.8, 4) is 0 Å². The van der Waals surface area contributed by atoms with Crippen LogP contribution in [0.4, 0.5) is 11.4 Å². The van der Waals surface area contributed by atoms with Crippen molar-refractivity contribution in [2.75, 3.05) is 5.32 Å². The number of furan rings is 1. The summed E-state index contributed by atoms with van der Waals surface area (Å²) in [6, 6.07) is 17.8. The maximum atomic E-state index is 11.9. The molecule has 0 fully saturated rings. The number of rotatable bonds is 5. The van der Waals surface area contributed by atoms with Crippen molar-refractivity contribution >= 4 is 41.0 Å². The zero-order chi connectivity index (χ0) is 19.9. The highest BCUT2D eigenvalue weighted by Gasteiger charge is 2.14. The first kappa shape index (κ1) is 19.4. The van der Waals surface area contributed by atoms with Crippen LogP contribution in [0.1, 0.15) is 17.1 Å². The number of benzene rings is 2. The molecule has 142 valence electrons. The summed E-state index contributed by atoms with van der Waals surface area (Å²) >= 11 is 6.05. The van der Waals surface area contributed by atoms with E-state index in [1.807, 2.05) is 31.2 Å². The fraction of sp³-hybridized carbons (Fsp3) is 0.0952. The molecule has 7 heteroatoms. The lowest BCUT2D eigenvalue weighted by atomic mass is 10.2. The van der Waals surface area contributed by atoms with Crippen LogP contribution in [0.3, 0.4) is 0 Å². The Morgan fingerprint density at radius 1 is 1.04 bits per heavy atom. The van der Waals surface area contributed by atoms with Crippen LogP contribution < -0.4 is 10.6 Å². The maximum absolute atomic E-state index is 11.9. The third-order valence-electron chi connectivity index (χ3n) is 3.80. The van der Waals surface area contributed by atoms with Crippen molar-refractivity contribution in [1.29, 1.82) is 0 Å². The Kier molecular flexibility index (Phi) is 6.24. The van der Waals surface area contributed by atoms with Crippen molar-refractivity contribution in [2.45, 2.75) is 13.5 Å². The van der Waals surface area contributed by atoms with Gasteiger partial charge in [0.25, 0.3) is 0 Å². The van der Waals surface area contributed by atoms with Crippen molar-refractivity contribution in [3.63, 3.8) is 0 Å². The Morgan fingerprint density at radius 3 is 2.54 bits per heavy atom. The van der Waals surface area contributed by atoms with Gasteiger partial charge in [0.05, 0.1) is 23.5 Å². The zero-order valence-corrected chi connectivity index (χ0v) is 15.9. The van der Waals surface area contributed by atoms with E-state index in [4.69, 9.17) is 16.0 Å². The number of para-hydroxylation sites is 1. The van der Waals surface area contributed by atoms with Crippen LogP contribution >= 0.6 is 11.6 Å². The predicted molar refractivity (Wildman–Crippen MR) is 109 cm³/mol. The van der Waals surface area contributed by atoms with Crippen LogP contribution in [0.25, 0.3) is 0 Å². The second-order valence-electron chi connectivity index (χ2n) is 6.02. The van der Waals surface area contributed by atoms with E-state index in [0.29, 0.717) is 27.9 Å². The van der Waals surface area contributed by atoms with Crippen LogP contribution in [0.2, 0.25) is 5.02 Å². The lowest BCUT2D eigenvalue weighted by molar-refractivity contribution is -0.136. The Labute approximate surface area is 167 Å². The number of aliphatic imine (C=N–C) groups is 1. The number of anilines is 1. The van der Waals surface area contributed by atoms with Gasteiger partial charge in [0.2, 0.25) is 0 Å². The SMILES string of the molecule is Cc1ccc(NC(=O)C(=O)NCc2ccc(C=Nc3ccccc3Cl)o2)cc1. The number of carbonyl (C=O) groups is 2. The summed E-state index contributed by atoms with van der Waals surface area (Å²) < 4.78 is 5.57. The zero-order valence-electron chi connectivity index (χ0n) is 15.1. The molecular weight excluding hydrogens is 378 g/mol. The highest BCUT2D eigenvalue weighted by Crippen LogP contribution is 2.23. The van der Waals surface area contributed by atoms with Gasteiger partial charge in [-0.3, -0.25) is 14.6 Å². The topological polar surface area (TPSA) is 83.7 Å². The Morgan fingerprint density at radius 2 is 1.79 bits per heavy atom. The molecule has 0 radical (unpaired) electrons. The summed E-state index contributed by atoms with van der Waals surface area (Å²) in [4.78, 5) is 28.1. The number of nitrogens with zero attached hydrogens (tertiary/aromatic N) is 1. The Balaban J connectivity index is 1.52. The molecular formula is C21H18ClN3O3. The summed E-state index contributed by atoms with van der Waals surface area (Å²) in [7, 11) is 0. The van der Waals surface area contributed by atoms with E-state index in [1.54, 1.807) is 36.4 Å². The number of amides is 2. The van der Waals surface area contributed by atoms with Gasteiger partial charge in [-0.05, 0) is 43.3 Å². The summed E-state index contributed by atoms with van der Waals surface area (Å²) in [5.41, 5.74) is 2.25. The van der Waals surface area contributed by atoms with E-state index in [1.165, 1.54) is 6.21 Å². The van der Waals surface area contributed by atoms with Gasteiger partial charge in [-0.2, -0.15) is 0 Å². The van der Waals surface area contributed by atoms with E-state index in [-0.39, 0.29) is 6.54 Å². The molecule has 1 aromatic heterocycles. The minimum Gasteiger partial charge on any atom is -0.458 e. The predicted octanol–water partition coefficient (Wildman–Crippen LogP) is 4.25. The monoisotopic (exact) mass is 395 g/mol. The van der Waals surface area contributed by atoms with Crippen molar-refractivity contribution < 1.29 is 14.0 Å². The van der Waals surface area contributed by atoms with Gasteiger partial charge in [0.15, 0.2) is 0 Å². The largest absolute Gasteiger partial charge is 0.458 e. The fourth-order valence-corrected chi connectivity index (χ4v) is 2.51. The second kappa shape index (κ2) is 9.01. The highest BCUT2D eigenvalue weighted by atomic mass is 35.5. The summed E-state index contributed by atoms with van der Waals surface area (Å²) in [6.07, 6.45) is 1.54. The van der Waals surface area contributed by atoms with E-state index in [2.05, 4.69) is 15.6 Å². The molecule has 0 aliphatic carbocycles. The van der Waals surface area contributed by atoms with Crippen LogP contribution in [0.5, 0.6) is 0 Å². The molecule has 2 N–H and O–H groups in total. The number of aryl methyl sites for hydroxylation is 1. The molecule has 0 saturated carbocycles. The highest BCUT2D eigenvalue weighted by molar-refractivity contribution is 6.39. The normalized spacial score (nSPS) is 10.8. The third kappa shape index (κ3) is 5.31. The molecule has 0 spiro atoms. The first-order valence-corrected chi connectivity index (χ1v) is 8.92.